The molecule has 1 aromatic carbocycles. The van der Waals surface area contributed by atoms with Crippen LogP contribution in [0.3, 0.4) is 0 Å². The second-order valence-electron chi connectivity index (χ2n) is 7.05. The molecule has 7 nitrogen and oxygen atoms in total. The molecule has 2 N–H and O–H groups in total. The first-order chi connectivity index (χ1) is 13.3. The quantitative estimate of drug-likeness (QED) is 0.793. The molecule has 28 heavy (non-hydrogen) atoms. The molecule has 2 fully saturated rings. The summed E-state index contributed by atoms with van der Waals surface area (Å²) in [5, 5.41) is 5.22. The second kappa shape index (κ2) is 5.97. The van der Waals surface area contributed by atoms with E-state index in [0.29, 0.717) is 24.6 Å². The number of amides is 3. The number of nitrogens with one attached hydrogen (secondary N) is 2. The van der Waals surface area contributed by atoms with Crippen LogP contribution >= 0.6 is 11.3 Å². The third-order valence-electron chi connectivity index (χ3n) is 5.46. The van der Waals surface area contributed by atoms with Crippen molar-refractivity contribution in [2.45, 2.75) is 43.6 Å². The van der Waals surface area contributed by atoms with E-state index in [1.165, 1.54) is 16.2 Å². The molecule has 1 aromatic heterocycles. The Balaban J connectivity index is 1.42. The summed E-state index contributed by atoms with van der Waals surface area (Å²) in [5.74, 6) is -1.19. The summed E-state index contributed by atoms with van der Waals surface area (Å²) >= 11 is 1.36. The van der Waals surface area contributed by atoms with Gasteiger partial charge in [-0.05, 0) is 25.0 Å². The molecule has 1 aliphatic carbocycles. The van der Waals surface area contributed by atoms with Gasteiger partial charge < -0.3 is 15.4 Å². The Hall–Kier alpha value is -2.56. The van der Waals surface area contributed by atoms with Crippen LogP contribution in [0.5, 0.6) is 5.75 Å². The molecule has 0 spiro atoms. The minimum Gasteiger partial charge on any atom is -0.493 e. The Labute approximate surface area is 160 Å². The third-order valence-corrected chi connectivity index (χ3v) is 6.48. The zero-order valence-corrected chi connectivity index (χ0v) is 15.2. The molecule has 3 atom stereocenters. The van der Waals surface area contributed by atoms with Crippen LogP contribution in [-0.4, -0.2) is 47.8 Å². The van der Waals surface area contributed by atoms with E-state index in [4.69, 9.17) is 4.74 Å². The van der Waals surface area contributed by atoms with Gasteiger partial charge in [0.05, 0.1) is 34.9 Å². The van der Waals surface area contributed by atoms with Crippen LogP contribution in [0.2, 0.25) is 0 Å². The fraction of sp³-hybridized carbons (Fsp3) is 0.471. The monoisotopic (exact) mass is 412 g/mol. The summed E-state index contributed by atoms with van der Waals surface area (Å²) in [6.07, 6.45) is -3.37. The van der Waals surface area contributed by atoms with E-state index in [9.17, 15) is 22.8 Å². The van der Waals surface area contributed by atoms with Crippen molar-refractivity contribution in [1.82, 2.24) is 15.6 Å². The van der Waals surface area contributed by atoms with E-state index >= 15 is 0 Å². The maximum atomic E-state index is 12.6. The summed E-state index contributed by atoms with van der Waals surface area (Å²) in [6, 6.07) is 1.67. The van der Waals surface area contributed by atoms with Crippen molar-refractivity contribution in [3.63, 3.8) is 0 Å². The van der Waals surface area contributed by atoms with E-state index < -0.39 is 30.2 Å². The minimum absolute atomic E-state index is 0.349. The van der Waals surface area contributed by atoms with Crippen molar-refractivity contribution in [3.8, 4) is 5.75 Å². The number of anilines is 1. The number of alkyl halides is 3. The topological polar surface area (TPSA) is 83.6 Å². The first kappa shape index (κ1) is 17.5. The van der Waals surface area contributed by atoms with Crippen LogP contribution < -0.4 is 20.3 Å². The van der Waals surface area contributed by atoms with Gasteiger partial charge in [0.1, 0.15) is 5.75 Å². The van der Waals surface area contributed by atoms with Crippen molar-refractivity contribution in [2.24, 2.45) is 0 Å². The van der Waals surface area contributed by atoms with Crippen molar-refractivity contribution in [3.05, 3.63) is 17.7 Å². The Morgan fingerprint density at radius 1 is 1.36 bits per heavy atom. The van der Waals surface area contributed by atoms with Gasteiger partial charge in [-0.25, -0.2) is 9.78 Å². The first-order valence-corrected chi connectivity index (χ1v) is 9.67. The van der Waals surface area contributed by atoms with Crippen LogP contribution in [0.15, 0.2) is 12.1 Å². The number of benzene rings is 1. The Bertz CT molecular complexity index is 992. The molecule has 2 aliphatic heterocycles. The Morgan fingerprint density at radius 2 is 2.18 bits per heavy atom. The predicted octanol–water partition coefficient (Wildman–Crippen LogP) is 2.34. The third kappa shape index (κ3) is 2.60. The van der Waals surface area contributed by atoms with Gasteiger partial charge >= 0.3 is 18.1 Å². The van der Waals surface area contributed by atoms with E-state index in [1.807, 2.05) is 17.4 Å². The zero-order chi connectivity index (χ0) is 19.6. The lowest BCUT2D eigenvalue weighted by atomic mass is 10.1. The number of rotatable bonds is 2. The van der Waals surface area contributed by atoms with Crippen LogP contribution in [0.1, 0.15) is 18.4 Å². The molecule has 3 aliphatic rings. The molecule has 3 heterocycles. The molecule has 1 saturated carbocycles. The van der Waals surface area contributed by atoms with Gasteiger partial charge in [-0.1, -0.05) is 11.3 Å². The van der Waals surface area contributed by atoms with Gasteiger partial charge in [0, 0.05) is 12.0 Å². The van der Waals surface area contributed by atoms with Crippen molar-refractivity contribution < 1.29 is 27.5 Å². The van der Waals surface area contributed by atoms with E-state index in [2.05, 4.69) is 10.3 Å². The number of ether oxygens (including phenoxy) is 1. The van der Waals surface area contributed by atoms with Gasteiger partial charge in [0.25, 0.3) is 0 Å². The lowest BCUT2D eigenvalue weighted by Gasteiger charge is -2.21. The van der Waals surface area contributed by atoms with Crippen LogP contribution in [0.25, 0.3) is 10.2 Å². The number of carbonyl (C=O) groups is 2. The summed E-state index contributed by atoms with van der Waals surface area (Å²) in [6.45, 7) is 0.594. The Morgan fingerprint density at radius 3 is 2.96 bits per heavy atom. The highest BCUT2D eigenvalue weighted by Crippen LogP contribution is 2.41. The smallest absolute Gasteiger partial charge is 0.471 e. The van der Waals surface area contributed by atoms with E-state index in [-0.39, 0.29) is 6.04 Å². The predicted molar refractivity (Wildman–Crippen MR) is 94.6 cm³/mol. The van der Waals surface area contributed by atoms with Crippen LogP contribution in [0.4, 0.5) is 23.1 Å². The number of carbonyl (C=O) groups excluding carboxylic acids is 2. The number of fused-ring (bicyclic) bond motifs is 4. The number of aromatic nitrogens is 1. The first-order valence-electron chi connectivity index (χ1n) is 8.85. The standard InChI is InChI=1S/C17H15F3N4O3S/c18-17(19,20)14(25)21-8-1-2-9-13(8)22-15(26)24(9)16-23-12-7-5-6-27-10(7)3-4-11(12)28-16/h3-4,8-9,13H,1-2,5-6H2,(H,21,25)(H,22,26)/t8-,9-,13+/m1/s1. The average Bonchev–Trinajstić information content (AvgIpc) is 3.36. The maximum absolute atomic E-state index is 12.6. The molecule has 11 heteroatoms. The minimum atomic E-state index is -4.95. The van der Waals surface area contributed by atoms with Crippen molar-refractivity contribution in [1.29, 1.82) is 0 Å². The normalized spacial score (nSPS) is 26.2. The van der Waals surface area contributed by atoms with E-state index in [0.717, 1.165) is 28.0 Å². The van der Waals surface area contributed by atoms with Crippen molar-refractivity contribution in [2.75, 3.05) is 11.5 Å². The highest BCUT2D eigenvalue weighted by molar-refractivity contribution is 7.22. The van der Waals surface area contributed by atoms with Crippen LogP contribution in [-0.2, 0) is 11.2 Å². The Kier molecular flexibility index (Phi) is 3.74. The number of urea groups is 1. The molecule has 148 valence electrons. The number of nitrogens with zero attached hydrogens (tertiary/aromatic N) is 2. The van der Waals surface area contributed by atoms with Crippen LogP contribution in [0, 0.1) is 0 Å². The molecule has 0 bridgehead atoms. The molecular weight excluding hydrogens is 397 g/mol. The molecule has 0 radical (unpaired) electrons. The largest absolute Gasteiger partial charge is 0.493 e. The molecule has 3 amide bonds. The molecule has 2 aromatic rings. The number of hydrogen-bond donors (Lipinski definition) is 2. The second-order valence-corrected chi connectivity index (χ2v) is 8.06. The van der Waals surface area contributed by atoms with Gasteiger partial charge in [0.15, 0.2) is 5.13 Å². The fourth-order valence-electron chi connectivity index (χ4n) is 4.23. The number of hydrogen-bond acceptors (Lipinski definition) is 5. The SMILES string of the molecule is O=C1N[C@@H]2[C@@H](CC[C@H]2NC(=O)C(F)(F)F)N1c1nc2c3c(ccc2s1)OCC3. The zero-order valence-electron chi connectivity index (χ0n) is 14.4. The lowest BCUT2D eigenvalue weighted by Crippen LogP contribution is -2.51. The molecule has 5 rings (SSSR count). The summed E-state index contributed by atoms with van der Waals surface area (Å²) in [4.78, 5) is 30.0. The number of halogens is 3. The van der Waals surface area contributed by atoms with E-state index in [1.54, 1.807) is 0 Å². The van der Waals surface area contributed by atoms with Gasteiger partial charge in [-0.2, -0.15) is 13.2 Å². The highest BCUT2D eigenvalue weighted by atomic mass is 32.1. The summed E-state index contributed by atoms with van der Waals surface area (Å²) in [5.41, 5.74) is 1.81. The van der Waals surface area contributed by atoms with Gasteiger partial charge in [0.2, 0.25) is 0 Å². The maximum Gasteiger partial charge on any atom is 0.471 e. The summed E-state index contributed by atoms with van der Waals surface area (Å²) < 4.78 is 44.2. The number of thiazole rings is 1. The molecule has 1 saturated heterocycles. The fourth-order valence-corrected chi connectivity index (χ4v) is 5.28. The molecular formula is C17H15F3N4O3S. The van der Waals surface area contributed by atoms with Gasteiger partial charge in [-0.3, -0.25) is 9.69 Å². The van der Waals surface area contributed by atoms with Gasteiger partial charge in [-0.15, -0.1) is 0 Å². The average molecular weight is 412 g/mol. The molecule has 0 unspecified atom stereocenters. The summed E-state index contributed by atoms with van der Waals surface area (Å²) in [7, 11) is 0. The lowest BCUT2D eigenvalue weighted by molar-refractivity contribution is -0.174. The highest BCUT2D eigenvalue weighted by Gasteiger charge is 2.51. The van der Waals surface area contributed by atoms with Crippen molar-refractivity contribution >= 4 is 38.6 Å².